The number of imidazole rings is 1. The minimum Gasteiger partial charge on any atom is -0.392 e. The number of hydrogen-bond donors (Lipinski definition) is 1. The van der Waals surface area contributed by atoms with Gasteiger partial charge in [0.2, 0.25) is 5.82 Å². The molecule has 0 fully saturated rings. The summed E-state index contributed by atoms with van der Waals surface area (Å²) < 4.78 is 1.60. The molecule has 0 aliphatic heterocycles. The Morgan fingerprint density at radius 3 is 2.55 bits per heavy atom. The number of anilines is 1. The van der Waals surface area contributed by atoms with Crippen LogP contribution in [0.15, 0.2) is 47.8 Å². The van der Waals surface area contributed by atoms with E-state index in [1.807, 2.05) is 43.3 Å². The van der Waals surface area contributed by atoms with E-state index in [-0.39, 0.29) is 12.4 Å². The Labute approximate surface area is 127 Å². The zero-order chi connectivity index (χ0) is 15.7. The number of aliphatic hydroxyl groups is 1. The molecule has 0 unspecified atom stereocenters. The number of hydrogen-bond acceptors (Lipinski definition) is 5. The second-order valence-electron chi connectivity index (χ2n) is 5.20. The Bertz CT molecular complexity index is 822. The molecule has 6 heteroatoms. The van der Waals surface area contributed by atoms with Gasteiger partial charge in [-0.3, -0.25) is 4.40 Å². The molecule has 3 aromatic rings. The van der Waals surface area contributed by atoms with Gasteiger partial charge in [-0.1, -0.05) is 18.2 Å². The Balaban J connectivity index is 2.19. The predicted molar refractivity (Wildman–Crippen MR) is 86.3 cm³/mol. The van der Waals surface area contributed by atoms with Crippen molar-refractivity contribution in [3.05, 3.63) is 53.1 Å². The number of aliphatic hydroxyl groups excluding tert-OH is 1. The fourth-order valence-corrected chi connectivity index (χ4v) is 2.43. The van der Waals surface area contributed by atoms with Gasteiger partial charge in [-0.15, -0.1) is 4.91 Å². The number of benzene rings is 1. The van der Waals surface area contributed by atoms with Crippen LogP contribution in [0.4, 0.5) is 11.5 Å². The summed E-state index contributed by atoms with van der Waals surface area (Å²) >= 11 is 0. The topological polar surface area (TPSA) is 70.2 Å². The van der Waals surface area contributed by atoms with Crippen LogP contribution in [0.25, 0.3) is 16.9 Å². The van der Waals surface area contributed by atoms with E-state index in [1.54, 1.807) is 22.7 Å². The summed E-state index contributed by atoms with van der Waals surface area (Å²) in [5.41, 5.74) is 3.59. The number of rotatable bonds is 4. The third-order valence-corrected chi connectivity index (χ3v) is 3.62. The van der Waals surface area contributed by atoms with Crippen molar-refractivity contribution in [2.75, 3.05) is 19.0 Å². The summed E-state index contributed by atoms with van der Waals surface area (Å²) in [5, 5.41) is 12.5. The standard InChI is InChI=1S/C16H16N4O2/c1-19(2)13-7-5-11(6-8-13)14-16(18-22)20-9-3-4-12(10-21)15(20)17-14/h3-9,21H,10H2,1-2H3. The first-order chi connectivity index (χ1) is 10.7. The van der Waals surface area contributed by atoms with Crippen LogP contribution in [0.2, 0.25) is 0 Å². The van der Waals surface area contributed by atoms with Crippen LogP contribution < -0.4 is 4.90 Å². The summed E-state index contributed by atoms with van der Waals surface area (Å²) in [6.45, 7) is -0.140. The second kappa shape index (κ2) is 5.57. The first-order valence-corrected chi connectivity index (χ1v) is 6.87. The van der Waals surface area contributed by atoms with Crippen LogP contribution in [-0.4, -0.2) is 28.6 Å². The van der Waals surface area contributed by atoms with E-state index in [4.69, 9.17) is 0 Å². The molecule has 0 radical (unpaired) electrons. The number of aromatic nitrogens is 2. The first kappa shape index (κ1) is 14.2. The molecule has 0 aliphatic carbocycles. The van der Waals surface area contributed by atoms with Crippen LogP contribution in [0.5, 0.6) is 0 Å². The summed E-state index contributed by atoms with van der Waals surface area (Å²) in [5.74, 6) is 0.239. The van der Waals surface area contributed by atoms with Crippen molar-refractivity contribution in [3.8, 4) is 11.3 Å². The molecule has 0 amide bonds. The molecule has 112 valence electrons. The van der Waals surface area contributed by atoms with E-state index in [9.17, 15) is 10.0 Å². The van der Waals surface area contributed by atoms with E-state index in [2.05, 4.69) is 10.2 Å². The molecule has 0 bridgehead atoms. The van der Waals surface area contributed by atoms with E-state index in [1.165, 1.54) is 0 Å². The maximum Gasteiger partial charge on any atom is 0.209 e. The lowest BCUT2D eigenvalue weighted by Crippen LogP contribution is -2.07. The highest BCUT2D eigenvalue weighted by Gasteiger charge is 2.16. The molecule has 3 rings (SSSR count). The van der Waals surface area contributed by atoms with Crippen LogP contribution in [0.3, 0.4) is 0 Å². The van der Waals surface area contributed by atoms with E-state index in [0.717, 1.165) is 11.3 Å². The SMILES string of the molecule is CN(C)c1ccc(-c2nc3c(CO)cccn3c2N=O)cc1. The highest BCUT2D eigenvalue weighted by molar-refractivity contribution is 5.76. The van der Waals surface area contributed by atoms with Gasteiger partial charge in [0.1, 0.15) is 11.3 Å². The molecule has 22 heavy (non-hydrogen) atoms. The van der Waals surface area contributed by atoms with Crippen molar-refractivity contribution in [3.63, 3.8) is 0 Å². The Morgan fingerprint density at radius 1 is 1.23 bits per heavy atom. The van der Waals surface area contributed by atoms with Gasteiger partial charge in [0.05, 0.1) is 6.61 Å². The summed E-state index contributed by atoms with van der Waals surface area (Å²) in [4.78, 5) is 17.8. The van der Waals surface area contributed by atoms with Gasteiger partial charge in [0.15, 0.2) is 0 Å². The predicted octanol–water partition coefficient (Wildman–Crippen LogP) is 2.96. The van der Waals surface area contributed by atoms with Gasteiger partial charge in [0.25, 0.3) is 0 Å². The summed E-state index contributed by atoms with van der Waals surface area (Å²) in [6.07, 6.45) is 1.72. The Hall–Kier alpha value is -2.73. The lowest BCUT2D eigenvalue weighted by molar-refractivity contribution is 0.282. The number of pyridine rings is 1. The zero-order valence-electron chi connectivity index (χ0n) is 12.4. The van der Waals surface area contributed by atoms with Crippen LogP contribution in [0, 0.1) is 4.91 Å². The van der Waals surface area contributed by atoms with Gasteiger partial charge in [0, 0.05) is 37.1 Å². The Kier molecular flexibility index (Phi) is 3.60. The van der Waals surface area contributed by atoms with Gasteiger partial charge in [-0.25, -0.2) is 4.98 Å². The van der Waals surface area contributed by atoms with Crippen LogP contribution in [0.1, 0.15) is 5.56 Å². The van der Waals surface area contributed by atoms with Gasteiger partial charge >= 0.3 is 0 Å². The van der Waals surface area contributed by atoms with Crippen molar-refractivity contribution in [2.45, 2.75) is 6.61 Å². The van der Waals surface area contributed by atoms with E-state index < -0.39 is 0 Å². The molecule has 2 heterocycles. The van der Waals surface area contributed by atoms with Gasteiger partial charge < -0.3 is 10.0 Å². The molecule has 1 N–H and O–H groups in total. The third-order valence-electron chi connectivity index (χ3n) is 3.62. The van der Waals surface area contributed by atoms with Crippen molar-refractivity contribution in [1.82, 2.24) is 9.38 Å². The zero-order valence-corrected chi connectivity index (χ0v) is 12.4. The first-order valence-electron chi connectivity index (χ1n) is 6.87. The molecule has 6 nitrogen and oxygen atoms in total. The van der Waals surface area contributed by atoms with Crippen molar-refractivity contribution in [2.24, 2.45) is 5.18 Å². The number of nitrogens with zero attached hydrogens (tertiary/aromatic N) is 4. The summed E-state index contributed by atoms with van der Waals surface area (Å²) in [7, 11) is 3.93. The molecule has 2 aromatic heterocycles. The quantitative estimate of drug-likeness (QED) is 0.751. The fraction of sp³-hybridized carbons (Fsp3) is 0.188. The minimum absolute atomic E-state index is 0.140. The molecular formula is C16H16N4O2. The maximum atomic E-state index is 11.3. The normalized spacial score (nSPS) is 10.9. The molecule has 0 saturated heterocycles. The van der Waals surface area contributed by atoms with Gasteiger partial charge in [-0.2, -0.15) is 0 Å². The lowest BCUT2D eigenvalue weighted by atomic mass is 10.1. The fourth-order valence-electron chi connectivity index (χ4n) is 2.43. The molecule has 0 spiro atoms. The lowest BCUT2D eigenvalue weighted by Gasteiger charge is -2.12. The van der Waals surface area contributed by atoms with Crippen molar-refractivity contribution >= 4 is 17.2 Å². The van der Waals surface area contributed by atoms with E-state index in [0.29, 0.717) is 16.9 Å². The largest absolute Gasteiger partial charge is 0.392 e. The molecular weight excluding hydrogens is 280 g/mol. The smallest absolute Gasteiger partial charge is 0.209 e. The average Bonchev–Trinajstić information content (AvgIpc) is 2.93. The van der Waals surface area contributed by atoms with Crippen LogP contribution >= 0.6 is 0 Å². The van der Waals surface area contributed by atoms with Crippen LogP contribution in [-0.2, 0) is 6.61 Å². The average molecular weight is 296 g/mol. The molecule has 0 saturated carbocycles. The van der Waals surface area contributed by atoms with E-state index >= 15 is 0 Å². The highest BCUT2D eigenvalue weighted by Crippen LogP contribution is 2.32. The molecule has 0 aliphatic rings. The van der Waals surface area contributed by atoms with Crippen molar-refractivity contribution in [1.29, 1.82) is 0 Å². The number of fused-ring (bicyclic) bond motifs is 1. The molecule has 0 atom stereocenters. The minimum atomic E-state index is -0.140. The van der Waals surface area contributed by atoms with Gasteiger partial charge in [-0.05, 0) is 23.4 Å². The maximum absolute atomic E-state index is 11.3. The molecule has 1 aromatic carbocycles. The van der Waals surface area contributed by atoms with Crippen molar-refractivity contribution < 1.29 is 5.11 Å². The number of nitroso groups, excluding NO2 is 1. The Morgan fingerprint density at radius 2 is 1.95 bits per heavy atom. The highest BCUT2D eigenvalue weighted by atomic mass is 16.3. The third kappa shape index (κ3) is 2.23. The summed E-state index contributed by atoms with van der Waals surface area (Å²) in [6, 6.07) is 11.3. The monoisotopic (exact) mass is 296 g/mol. The second-order valence-corrected chi connectivity index (χ2v) is 5.20.